The zero-order valence-electron chi connectivity index (χ0n) is 7.17. The topological polar surface area (TPSA) is 21.3 Å². The highest BCUT2D eigenvalue weighted by Crippen LogP contribution is 2.32. The van der Waals surface area contributed by atoms with Crippen LogP contribution in [-0.4, -0.2) is 19.7 Å². The Morgan fingerprint density at radius 1 is 1.69 bits per heavy atom. The lowest BCUT2D eigenvalue weighted by Gasteiger charge is -2.21. The fourth-order valence-electron chi connectivity index (χ4n) is 1.30. The Morgan fingerprint density at radius 2 is 2.46 bits per heavy atom. The molecule has 1 aliphatic rings. The molecule has 0 saturated heterocycles. The van der Waals surface area contributed by atoms with Crippen molar-refractivity contribution in [3.8, 4) is 5.75 Å². The van der Waals surface area contributed by atoms with Gasteiger partial charge in [0, 0.05) is 18.5 Å². The Labute approximate surface area is 86.5 Å². The SMILES string of the molecule is CNC1COc2cc(F)sc2C1.Cl. The van der Waals surface area contributed by atoms with Crippen LogP contribution in [0.3, 0.4) is 0 Å². The van der Waals surface area contributed by atoms with Gasteiger partial charge in [-0.15, -0.1) is 23.7 Å². The Kier molecular flexibility index (Phi) is 3.53. The molecule has 13 heavy (non-hydrogen) atoms. The lowest BCUT2D eigenvalue weighted by atomic mass is 10.1. The standard InChI is InChI=1S/C8H10FNOS.ClH/c1-10-5-2-7-6(11-4-5)3-8(9)12-7;/h3,5,10H,2,4H2,1H3;1H. The van der Waals surface area contributed by atoms with Gasteiger partial charge in [-0.25, -0.2) is 0 Å². The average Bonchev–Trinajstić information content (AvgIpc) is 2.43. The number of halogens is 2. The number of rotatable bonds is 1. The molecule has 2 rings (SSSR count). The van der Waals surface area contributed by atoms with Crippen molar-refractivity contribution < 1.29 is 9.13 Å². The molecule has 74 valence electrons. The average molecular weight is 224 g/mol. The van der Waals surface area contributed by atoms with E-state index in [4.69, 9.17) is 4.74 Å². The molecule has 1 aromatic rings. The maximum Gasteiger partial charge on any atom is 0.180 e. The number of thiophene rings is 1. The fourth-order valence-corrected chi connectivity index (χ4v) is 2.21. The third-order valence-electron chi connectivity index (χ3n) is 2.02. The molecular weight excluding hydrogens is 213 g/mol. The molecule has 1 atom stereocenters. The van der Waals surface area contributed by atoms with Crippen molar-refractivity contribution in [2.75, 3.05) is 13.7 Å². The molecule has 0 amide bonds. The minimum atomic E-state index is -0.156. The summed E-state index contributed by atoms with van der Waals surface area (Å²) in [5, 5.41) is 2.96. The van der Waals surface area contributed by atoms with E-state index in [1.807, 2.05) is 7.05 Å². The molecule has 0 radical (unpaired) electrons. The summed E-state index contributed by atoms with van der Waals surface area (Å²) < 4.78 is 18.1. The van der Waals surface area contributed by atoms with Gasteiger partial charge in [0.15, 0.2) is 5.13 Å². The number of ether oxygens (including phenoxy) is 1. The van der Waals surface area contributed by atoms with Crippen LogP contribution in [0.15, 0.2) is 6.07 Å². The zero-order valence-corrected chi connectivity index (χ0v) is 8.80. The van der Waals surface area contributed by atoms with Gasteiger partial charge in [0.05, 0.1) is 4.88 Å². The second-order valence-electron chi connectivity index (χ2n) is 2.84. The minimum Gasteiger partial charge on any atom is -0.491 e. The van der Waals surface area contributed by atoms with E-state index < -0.39 is 0 Å². The number of hydrogen-bond acceptors (Lipinski definition) is 3. The summed E-state index contributed by atoms with van der Waals surface area (Å²) in [6, 6.07) is 1.79. The highest BCUT2D eigenvalue weighted by molar-refractivity contribution is 7.10. The quantitative estimate of drug-likeness (QED) is 0.785. The molecule has 1 N–H and O–H groups in total. The van der Waals surface area contributed by atoms with Gasteiger partial charge in [-0.2, -0.15) is 4.39 Å². The van der Waals surface area contributed by atoms with E-state index in [0.717, 1.165) is 17.0 Å². The van der Waals surface area contributed by atoms with Crippen LogP contribution in [0.2, 0.25) is 0 Å². The first-order valence-corrected chi connectivity index (χ1v) is 4.69. The van der Waals surface area contributed by atoms with Gasteiger partial charge in [0.25, 0.3) is 0 Å². The van der Waals surface area contributed by atoms with Crippen molar-refractivity contribution in [2.24, 2.45) is 0 Å². The first-order chi connectivity index (χ1) is 5.79. The van der Waals surface area contributed by atoms with Crippen molar-refractivity contribution >= 4 is 23.7 Å². The zero-order chi connectivity index (χ0) is 8.55. The summed E-state index contributed by atoms with van der Waals surface area (Å²) in [6.45, 7) is 0.639. The summed E-state index contributed by atoms with van der Waals surface area (Å²) in [7, 11) is 1.89. The molecule has 0 spiro atoms. The smallest absolute Gasteiger partial charge is 0.180 e. The highest BCUT2D eigenvalue weighted by atomic mass is 35.5. The van der Waals surface area contributed by atoms with Crippen molar-refractivity contribution in [2.45, 2.75) is 12.5 Å². The van der Waals surface area contributed by atoms with Gasteiger partial charge < -0.3 is 10.1 Å². The second kappa shape index (κ2) is 4.26. The Balaban J connectivity index is 0.000000845. The van der Waals surface area contributed by atoms with Crippen LogP contribution < -0.4 is 10.1 Å². The van der Waals surface area contributed by atoms with Crippen LogP contribution in [0.5, 0.6) is 5.75 Å². The van der Waals surface area contributed by atoms with Gasteiger partial charge in [0.2, 0.25) is 0 Å². The van der Waals surface area contributed by atoms with Crippen LogP contribution in [0, 0.1) is 5.13 Å². The van der Waals surface area contributed by atoms with E-state index in [1.54, 1.807) is 0 Å². The molecule has 1 aromatic heterocycles. The Hall–Kier alpha value is -0.320. The molecule has 2 heterocycles. The molecule has 5 heteroatoms. The number of hydrogen-bond donors (Lipinski definition) is 1. The molecule has 0 aromatic carbocycles. The van der Waals surface area contributed by atoms with Crippen molar-refractivity contribution in [1.29, 1.82) is 0 Å². The second-order valence-corrected chi connectivity index (χ2v) is 3.93. The lowest BCUT2D eigenvalue weighted by molar-refractivity contribution is 0.248. The van der Waals surface area contributed by atoms with E-state index in [1.165, 1.54) is 17.4 Å². The summed E-state index contributed by atoms with van der Waals surface area (Å²) >= 11 is 1.18. The lowest BCUT2D eigenvalue weighted by Crippen LogP contribution is -2.36. The van der Waals surface area contributed by atoms with Crippen LogP contribution in [0.4, 0.5) is 4.39 Å². The predicted molar refractivity (Wildman–Crippen MR) is 53.6 cm³/mol. The van der Waals surface area contributed by atoms with E-state index in [0.29, 0.717) is 12.6 Å². The minimum absolute atomic E-state index is 0. The van der Waals surface area contributed by atoms with Crippen molar-refractivity contribution in [1.82, 2.24) is 5.32 Å². The summed E-state index contributed by atoms with van der Waals surface area (Å²) in [5.74, 6) is 0.726. The molecular formula is C8H11ClFNOS. The predicted octanol–water partition coefficient (Wildman–Crippen LogP) is 1.83. The monoisotopic (exact) mass is 223 g/mol. The van der Waals surface area contributed by atoms with E-state index in [9.17, 15) is 4.39 Å². The van der Waals surface area contributed by atoms with Crippen molar-refractivity contribution in [3.63, 3.8) is 0 Å². The summed E-state index contributed by atoms with van der Waals surface area (Å²) in [6.07, 6.45) is 0.875. The van der Waals surface area contributed by atoms with Gasteiger partial charge >= 0.3 is 0 Å². The molecule has 0 aliphatic carbocycles. The number of nitrogens with one attached hydrogen (secondary N) is 1. The molecule has 0 bridgehead atoms. The summed E-state index contributed by atoms with van der Waals surface area (Å²) in [5.41, 5.74) is 0. The van der Waals surface area contributed by atoms with Crippen LogP contribution >= 0.6 is 23.7 Å². The van der Waals surface area contributed by atoms with Gasteiger partial charge in [-0.3, -0.25) is 0 Å². The third-order valence-corrected chi connectivity index (χ3v) is 2.95. The van der Waals surface area contributed by atoms with E-state index in [2.05, 4.69) is 5.32 Å². The number of likely N-dealkylation sites (N-methyl/N-ethyl adjacent to an activating group) is 1. The van der Waals surface area contributed by atoms with E-state index in [-0.39, 0.29) is 17.5 Å². The molecule has 2 nitrogen and oxygen atoms in total. The normalized spacial score (nSPS) is 20.0. The van der Waals surface area contributed by atoms with Crippen LogP contribution in [0.1, 0.15) is 4.88 Å². The maximum absolute atomic E-state index is 12.7. The molecule has 0 fully saturated rings. The van der Waals surface area contributed by atoms with Crippen LogP contribution in [0.25, 0.3) is 0 Å². The molecule has 1 aliphatic heterocycles. The fraction of sp³-hybridized carbons (Fsp3) is 0.500. The largest absolute Gasteiger partial charge is 0.491 e. The highest BCUT2D eigenvalue weighted by Gasteiger charge is 2.21. The van der Waals surface area contributed by atoms with Gasteiger partial charge in [-0.05, 0) is 7.05 Å². The first-order valence-electron chi connectivity index (χ1n) is 3.88. The van der Waals surface area contributed by atoms with Gasteiger partial charge in [-0.1, -0.05) is 0 Å². The third kappa shape index (κ3) is 2.13. The Morgan fingerprint density at radius 3 is 3.15 bits per heavy atom. The summed E-state index contributed by atoms with van der Waals surface area (Å²) in [4.78, 5) is 1.01. The van der Waals surface area contributed by atoms with Gasteiger partial charge in [0.1, 0.15) is 12.4 Å². The Bertz CT molecular complexity index is 292. The number of fused-ring (bicyclic) bond motifs is 1. The molecule has 1 unspecified atom stereocenters. The molecule has 0 saturated carbocycles. The van der Waals surface area contributed by atoms with Crippen molar-refractivity contribution in [3.05, 3.63) is 16.1 Å². The van der Waals surface area contributed by atoms with Crippen LogP contribution in [-0.2, 0) is 6.42 Å². The maximum atomic E-state index is 12.7. The first kappa shape index (κ1) is 10.8. The van der Waals surface area contributed by atoms with E-state index >= 15 is 0 Å².